The molecule has 0 fully saturated rings. The van der Waals surface area contributed by atoms with Crippen LogP contribution in [0.3, 0.4) is 0 Å². The first-order valence-corrected chi connectivity index (χ1v) is 4.67. The van der Waals surface area contributed by atoms with Crippen LogP contribution in [0.25, 0.3) is 0 Å². The topological polar surface area (TPSA) is 51.1 Å². The molecule has 1 aromatic heterocycles. The number of nitrogens with one attached hydrogen (secondary N) is 1. The van der Waals surface area contributed by atoms with Crippen LogP contribution >= 0.6 is 0 Å². The molecule has 4 nitrogen and oxygen atoms in total. The lowest BCUT2D eigenvalue weighted by Gasteiger charge is -2.04. The largest absolute Gasteiger partial charge is 0.352 e. The van der Waals surface area contributed by atoms with Crippen LogP contribution < -0.4 is 10.9 Å². The maximum absolute atomic E-state index is 11.4. The van der Waals surface area contributed by atoms with Gasteiger partial charge in [0.05, 0.1) is 0 Å². The summed E-state index contributed by atoms with van der Waals surface area (Å²) in [5, 5.41) is 2.64. The van der Waals surface area contributed by atoms with Crippen molar-refractivity contribution in [3.63, 3.8) is 0 Å². The molecule has 0 aliphatic carbocycles. The second-order valence-corrected chi connectivity index (χ2v) is 2.90. The highest BCUT2D eigenvalue weighted by molar-refractivity contribution is 5.93. The van der Waals surface area contributed by atoms with Crippen LogP contribution in [-0.4, -0.2) is 17.0 Å². The highest BCUT2D eigenvalue weighted by atomic mass is 16.2. The van der Waals surface area contributed by atoms with Gasteiger partial charge in [-0.05, 0) is 19.9 Å². The van der Waals surface area contributed by atoms with Crippen molar-refractivity contribution in [3.05, 3.63) is 34.2 Å². The smallest absolute Gasteiger partial charge is 0.251 e. The molecule has 1 amide bonds. The standard InChI is InChI=1S/C10H14N2O2/c1-3-11-10(14)8-5-6-12(4-2)9(13)7-8/h5-7H,3-4H2,1-2H3,(H,11,14). The molecule has 0 saturated heterocycles. The van der Waals surface area contributed by atoms with Gasteiger partial charge in [0.2, 0.25) is 0 Å². The van der Waals surface area contributed by atoms with E-state index in [9.17, 15) is 9.59 Å². The quantitative estimate of drug-likeness (QED) is 0.766. The lowest BCUT2D eigenvalue weighted by molar-refractivity contribution is 0.0955. The minimum absolute atomic E-state index is 0.142. The third-order valence-corrected chi connectivity index (χ3v) is 1.94. The molecule has 0 spiro atoms. The Morgan fingerprint density at radius 2 is 2.21 bits per heavy atom. The van der Waals surface area contributed by atoms with Gasteiger partial charge in [0, 0.05) is 30.9 Å². The summed E-state index contributed by atoms with van der Waals surface area (Å²) in [6.07, 6.45) is 1.63. The van der Waals surface area contributed by atoms with Crippen LogP contribution in [0.15, 0.2) is 23.1 Å². The maximum Gasteiger partial charge on any atom is 0.251 e. The predicted octanol–water partition coefficient (Wildman–Crippen LogP) is 0.618. The van der Waals surface area contributed by atoms with Crippen LogP contribution in [0.5, 0.6) is 0 Å². The first-order valence-electron chi connectivity index (χ1n) is 4.67. The first-order chi connectivity index (χ1) is 6.69. The molecule has 0 aliphatic heterocycles. The number of pyridine rings is 1. The molecule has 76 valence electrons. The predicted molar refractivity (Wildman–Crippen MR) is 54.4 cm³/mol. The monoisotopic (exact) mass is 194 g/mol. The van der Waals surface area contributed by atoms with Crippen LogP contribution in [0.4, 0.5) is 0 Å². The fourth-order valence-corrected chi connectivity index (χ4v) is 1.17. The third kappa shape index (κ3) is 2.22. The molecule has 1 N–H and O–H groups in total. The Morgan fingerprint density at radius 1 is 1.50 bits per heavy atom. The van der Waals surface area contributed by atoms with Gasteiger partial charge in [-0.2, -0.15) is 0 Å². The number of amides is 1. The van der Waals surface area contributed by atoms with E-state index < -0.39 is 0 Å². The second-order valence-electron chi connectivity index (χ2n) is 2.90. The van der Waals surface area contributed by atoms with E-state index in [1.165, 1.54) is 6.07 Å². The number of hydrogen-bond donors (Lipinski definition) is 1. The average Bonchev–Trinajstić information content (AvgIpc) is 2.18. The molecule has 1 aromatic rings. The fraction of sp³-hybridized carbons (Fsp3) is 0.400. The summed E-state index contributed by atoms with van der Waals surface area (Å²) in [5.74, 6) is -0.201. The minimum Gasteiger partial charge on any atom is -0.352 e. The van der Waals surface area contributed by atoms with Crippen molar-refractivity contribution >= 4 is 5.91 Å². The summed E-state index contributed by atoms with van der Waals surface area (Å²) < 4.78 is 1.54. The van der Waals surface area contributed by atoms with Gasteiger partial charge < -0.3 is 9.88 Å². The van der Waals surface area contributed by atoms with Crippen molar-refractivity contribution in [2.24, 2.45) is 0 Å². The molecule has 14 heavy (non-hydrogen) atoms. The number of carbonyl (C=O) groups excluding carboxylic acids is 1. The van der Waals surface area contributed by atoms with Gasteiger partial charge >= 0.3 is 0 Å². The molecular weight excluding hydrogens is 180 g/mol. The van der Waals surface area contributed by atoms with Gasteiger partial charge in [0.25, 0.3) is 11.5 Å². The molecule has 0 atom stereocenters. The van der Waals surface area contributed by atoms with Gasteiger partial charge in [-0.1, -0.05) is 0 Å². The molecule has 0 unspecified atom stereocenters. The summed E-state index contributed by atoms with van der Waals surface area (Å²) in [7, 11) is 0. The van der Waals surface area contributed by atoms with Crippen LogP contribution in [-0.2, 0) is 6.54 Å². The molecule has 0 aliphatic rings. The van der Waals surface area contributed by atoms with Gasteiger partial charge in [-0.3, -0.25) is 9.59 Å². The number of rotatable bonds is 3. The Morgan fingerprint density at radius 3 is 2.71 bits per heavy atom. The van der Waals surface area contributed by atoms with Crippen LogP contribution in [0.1, 0.15) is 24.2 Å². The van der Waals surface area contributed by atoms with Crippen molar-refractivity contribution in [1.82, 2.24) is 9.88 Å². The Hall–Kier alpha value is -1.58. The fourth-order valence-electron chi connectivity index (χ4n) is 1.17. The van der Waals surface area contributed by atoms with Crippen molar-refractivity contribution in [1.29, 1.82) is 0 Å². The SMILES string of the molecule is CCNC(=O)c1ccn(CC)c(=O)c1. The van der Waals surface area contributed by atoms with E-state index in [4.69, 9.17) is 0 Å². The molecule has 0 saturated carbocycles. The molecule has 0 aromatic carbocycles. The van der Waals surface area contributed by atoms with E-state index in [0.29, 0.717) is 18.7 Å². The Labute approximate surface area is 82.6 Å². The van der Waals surface area contributed by atoms with Crippen molar-refractivity contribution < 1.29 is 4.79 Å². The highest BCUT2D eigenvalue weighted by Gasteiger charge is 2.04. The zero-order chi connectivity index (χ0) is 10.6. The van der Waals surface area contributed by atoms with E-state index in [0.717, 1.165) is 0 Å². The van der Waals surface area contributed by atoms with E-state index in [1.807, 2.05) is 13.8 Å². The van der Waals surface area contributed by atoms with Crippen molar-refractivity contribution in [3.8, 4) is 0 Å². The Balaban J connectivity index is 2.97. The van der Waals surface area contributed by atoms with Gasteiger partial charge in [-0.25, -0.2) is 0 Å². The lowest BCUT2D eigenvalue weighted by Crippen LogP contribution is -2.26. The summed E-state index contributed by atoms with van der Waals surface area (Å²) in [5.41, 5.74) is 0.276. The first kappa shape index (κ1) is 10.5. The molecule has 0 bridgehead atoms. The van der Waals surface area contributed by atoms with Crippen molar-refractivity contribution in [2.45, 2.75) is 20.4 Å². The lowest BCUT2D eigenvalue weighted by atomic mass is 10.2. The molecule has 1 rings (SSSR count). The Bertz CT molecular complexity index is 382. The summed E-state index contributed by atoms with van der Waals surface area (Å²) in [4.78, 5) is 22.7. The zero-order valence-corrected chi connectivity index (χ0v) is 8.41. The van der Waals surface area contributed by atoms with E-state index in [-0.39, 0.29) is 11.5 Å². The highest BCUT2D eigenvalue weighted by Crippen LogP contribution is 1.94. The summed E-state index contributed by atoms with van der Waals surface area (Å²) >= 11 is 0. The normalized spacial score (nSPS) is 9.86. The number of aryl methyl sites for hydroxylation is 1. The van der Waals surface area contributed by atoms with E-state index in [1.54, 1.807) is 16.8 Å². The average molecular weight is 194 g/mol. The zero-order valence-electron chi connectivity index (χ0n) is 8.41. The summed E-state index contributed by atoms with van der Waals surface area (Å²) in [6, 6.07) is 3.00. The molecule has 4 heteroatoms. The second kappa shape index (κ2) is 4.60. The van der Waals surface area contributed by atoms with Crippen LogP contribution in [0.2, 0.25) is 0 Å². The minimum atomic E-state index is -0.201. The Kier molecular flexibility index (Phi) is 3.45. The molecule has 0 radical (unpaired) electrons. The number of hydrogen-bond acceptors (Lipinski definition) is 2. The van der Waals surface area contributed by atoms with Gasteiger partial charge in [-0.15, -0.1) is 0 Å². The third-order valence-electron chi connectivity index (χ3n) is 1.94. The number of aromatic nitrogens is 1. The number of nitrogens with zero attached hydrogens (tertiary/aromatic N) is 1. The maximum atomic E-state index is 11.4. The van der Waals surface area contributed by atoms with Crippen LogP contribution in [0, 0.1) is 0 Å². The van der Waals surface area contributed by atoms with Gasteiger partial charge in [0.15, 0.2) is 0 Å². The van der Waals surface area contributed by atoms with E-state index >= 15 is 0 Å². The van der Waals surface area contributed by atoms with Crippen molar-refractivity contribution in [2.75, 3.05) is 6.54 Å². The summed E-state index contributed by atoms with van der Waals surface area (Å²) in [6.45, 7) is 4.91. The number of carbonyl (C=O) groups is 1. The van der Waals surface area contributed by atoms with E-state index in [2.05, 4.69) is 5.32 Å². The van der Waals surface area contributed by atoms with Gasteiger partial charge in [0.1, 0.15) is 0 Å². The molecular formula is C10H14N2O2. The molecule has 1 heterocycles.